The van der Waals surface area contributed by atoms with Crippen LogP contribution in [0.5, 0.6) is 0 Å². The van der Waals surface area contributed by atoms with Crippen molar-refractivity contribution in [3.8, 4) is 0 Å². The van der Waals surface area contributed by atoms with E-state index in [1.807, 2.05) is 38.1 Å². The second-order valence-electron chi connectivity index (χ2n) is 6.17. The number of carbonyl (C=O) groups excluding carboxylic acids is 1. The Morgan fingerprint density at radius 3 is 2.46 bits per heavy atom. The van der Waals surface area contributed by atoms with Gasteiger partial charge >= 0.3 is 5.97 Å². The number of hydrogen-bond donors (Lipinski definition) is 1. The average molecular weight is 348 g/mol. The number of benzene rings is 1. The molecule has 130 valence electrons. The van der Waals surface area contributed by atoms with Crippen molar-refractivity contribution in [3.63, 3.8) is 0 Å². The fraction of sp³-hybridized carbons (Fsp3) is 0.500. The minimum atomic E-state index is -0.994. The van der Waals surface area contributed by atoms with E-state index < -0.39 is 17.4 Å². The van der Waals surface area contributed by atoms with E-state index in [1.165, 1.54) is 11.8 Å². The third-order valence-electron chi connectivity index (χ3n) is 4.89. The molecular formula is C18H24N2O3S. The molecule has 1 heterocycles. The highest BCUT2D eigenvalue weighted by Gasteiger charge is 2.40. The molecule has 1 aromatic carbocycles. The maximum absolute atomic E-state index is 13.0. The number of hydrogen-bond acceptors (Lipinski definition) is 4. The zero-order valence-corrected chi connectivity index (χ0v) is 15.4. The van der Waals surface area contributed by atoms with E-state index in [0.29, 0.717) is 19.3 Å². The standard InChI is InChI=1S/C18H24N2O3S/c1-5-18(6-2,17(23)20(4)12(3)16(21)22)11-15-19-13-9-7-8-10-14(13)24-15/h7-10,12H,5-6,11H2,1-4H3,(H,21,22). The van der Waals surface area contributed by atoms with Crippen LogP contribution in [-0.4, -0.2) is 40.0 Å². The summed E-state index contributed by atoms with van der Waals surface area (Å²) in [6.45, 7) is 5.50. The van der Waals surface area contributed by atoms with Gasteiger partial charge in [0.25, 0.3) is 0 Å². The first-order chi connectivity index (χ1) is 11.3. The van der Waals surface area contributed by atoms with Gasteiger partial charge in [-0.05, 0) is 31.9 Å². The molecule has 6 heteroatoms. The molecule has 1 atom stereocenters. The topological polar surface area (TPSA) is 70.5 Å². The summed E-state index contributed by atoms with van der Waals surface area (Å²) in [4.78, 5) is 30.2. The number of fused-ring (bicyclic) bond motifs is 1. The summed E-state index contributed by atoms with van der Waals surface area (Å²) in [6, 6.07) is 7.08. The Morgan fingerprint density at radius 2 is 1.92 bits per heavy atom. The van der Waals surface area contributed by atoms with Gasteiger partial charge in [0.1, 0.15) is 6.04 Å². The third kappa shape index (κ3) is 3.43. The van der Waals surface area contributed by atoms with Gasteiger partial charge in [0.05, 0.1) is 20.6 Å². The van der Waals surface area contributed by atoms with Crippen LogP contribution in [0.1, 0.15) is 38.6 Å². The number of aliphatic carboxylic acids is 1. The van der Waals surface area contributed by atoms with E-state index in [2.05, 4.69) is 4.98 Å². The molecule has 0 saturated heterocycles. The zero-order chi connectivity index (χ0) is 17.9. The Hall–Kier alpha value is -1.95. The number of nitrogens with zero attached hydrogens (tertiary/aromatic N) is 2. The third-order valence-corrected chi connectivity index (χ3v) is 5.93. The molecule has 5 nitrogen and oxygen atoms in total. The second-order valence-corrected chi connectivity index (χ2v) is 7.29. The summed E-state index contributed by atoms with van der Waals surface area (Å²) >= 11 is 1.60. The molecule has 0 bridgehead atoms. The van der Waals surface area contributed by atoms with Gasteiger partial charge in [-0.15, -0.1) is 11.3 Å². The number of carbonyl (C=O) groups is 2. The van der Waals surface area contributed by atoms with Gasteiger partial charge in [-0.2, -0.15) is 0 Å². The first-order valence-corrected chi connectivity index (χ1v) is 9.00. The van der Waals surface area contributed by atoms with Crippen molar-refractivity contribution in [2.24, 2.45) is 5.41 Å². The van der Waals surface area contributed by atoms with Crippen LogP contribution in [0.25, 0.3) is 10.2 Å². The Bertz CT molecular complexity index is 704. The van der Waals surface area contributed by atoms with Gasteiger partial charge in [0.2, 0.25) is 5.91 Å². The van der Waals surface area contributed by atoms with E-state index in [-0.39, 0.29) is 5.91 Å². The molecule has 0 saturated carbocycles. The van der Waals surface area contributed by atoms with Crippen molar-refractivity contribution in [1.29, 1.82) is 0 Å². The summed E-state index contributed by atoms with van der Waals surface area (Å²) in [5.74, 6) is -1.12. The SMILES string of the molecule is CCC(CC)(Cc1nc2ccccc2s1)C(=O)N(C)C(C)C(=O)O. The van der Waals surface area contributed by atoms with Crippen molar-refractivity contribution in [2.45, 2.75) is 46.1 Å². The number of thiazole rings is 1. The molecule has 0 fully saturated rings. The van der Waals surface area contributed by atoms with Crippen LogP contribution < -0.4 is 0 Å². The van der Waals surface area contributed by atoms with Crippen molar-refractivity contribution in [3.05, 3.63) is 29.3 Å². The van der Waals surface area contributed by atoms with Gasteiger partial charge < -0.3 is 10.0 Å². The Balaban J connectivity index is 2.32. The highest BCUT2D eigenvalue weighted by Crippen LogP contribution is 2.36. The lowest BCUT2D eigenvalue weighted by Gasteiger charge is -2.35. The maximum atomic E-state index is 13.0. The molecule has 1 amide bonds. The van der Waals surface area contributed by atoms with Crippen molar-refractivity contribution < 1.29 is 14.7 Å². The molecule has 2 aromatic rings. The molecule has 1 unspecified atom stereocenters. The minimum Gasteiger partial charge on any atom is -0.480 e. The van der Waals surface area contributed by atoms with Crippen LogP contribution in [0.15, 0.2) is 24.3 Å². The Morgan fingerprint density at radius 1 is 1.29 bits per heavy atom. The summed E-state index contributed by atoms with van der Waals surface area (Å²) in [6.07, 6.45) is 1.83. The van der Waals surface area contributed by atoms with Crippen LogP contribution in [-0.2, 0) is 16.0 Å². The predicted molar refractivity (Wildman–Crippen MR) is 96.2 cm³/mol. The molecule has 0 radical (unpaired) electrons. The number of carboxylic acid groups (broad SMARTS) is 1. The van der Waals surface area contributed by atoms with Crippen LogP contribution in [0, 0.1) is 5.41 Å². The van der Waals surface area contributed by atoms with Gasteiger partial charge in [0, 0.05) is 13.5 Å². The molecule has 1 aromatic heterocycles. The van der Waals surface area contributed by atoms with Crippen molar-refractivity contribution >= 4 is 33.4 Å². The van der Waals surface area contributed by atoms with E-state index in [4.69, 9.17) is 0 Å². The number of likely N-dealkylation sites (N-methyl/N-ethyl adjacent to an activating group) is 1. The van der Waals surface area contributed by atoms with Gasteiger partial charge in [0.15, 0.2) is 0 Å². The second kappa shape index (κ2) is 7.30. The summed E-state index contributed by atoms with van der Waals surface area (Å²) in [5, 5.41) is 10.1. The smallest absolute Gasteiger partial charge is 0.326 e. The Labute approximate surface area is 146 Å². The molecule has 0 aliphatic heterocycles. The summed E-state index contributed by atoms with van der Waals surface area (Å²) < 4.78 is 1.10. The zero-order valence-electron chi connectivity index (χ0n) is 14.6. The van der Waals surface area contributed by atoms with E-state index in [9.17, 15) is 14.7 Å². The van der Waals surface area contributed by atoms with Gasteiger partial charge in [-0.25, -0.2) is 9.78 Å². The van der Waals surface area contributed by atoms with Crippen LogP contribution in [0.3, 0.4) is 0 Å². The lowest BCUT2D eigenvalue weighted by Crippen LogP contribution is -2.49. The van der Waals surface area contributed by atoms with Crippen molar-refractivity contribution in [1.82, 2.24) is 9.88 Å². The van der Waals surface area contributed by atoms with E-state index in [1.54, 1.807) is 18.4 Å². The summed E-state index contributed by atoms with van der Waals surface area (Å²) in [7, 11) is 1.57. The largest absolute Gasteiger partial charge is 0.480 e. The van der Waals surface area contributed by atoms with E-state index in [0.717, 1.165) is 15.2 Å². The normalized spacial score (nSPS) is 13.0. The average Bonchev–Trinajstić information content (AvgIpc) is 2.99. The number of amides is 1. The Kier molecular flexibility index (Phi) is 5.59. The fourth-order valence-electron chi connectivity index (χ4n) is 2.88. The monoisotopic (exact) mass is 348 g/mol. The lowest BCUT2D eigenvalue weighted by atomic mass is 9.77. The fourth-order valence-corrected chi connectivity index (χ4v) is 3.99. The molecule has 0 aliphatic carbocycles. The number of para-hydroxylation sites is 1. The highest BCUT2D eigenvalue weighted by atomic mass is 32.1. The molecule has 0 aliphatic rings. The van der Waals surface area contributed by atoms with Crippen LogP contribution >= 0.6 is 11.3 Å². The number of rotatable bonds is 7. The molecule has 2 rings (SSSR count). The molecule has 1 N–H and O–H groups in total. The quantitative estimate of drug-likeness (QED) is 0.830. The first kappa shape index (κ1) is 18.4. The van der Waals surface area contributed by atoms with E-state index >= 15 is 0 Å². The number of carboxylic acids is 1. The van der Waals surface area contributed by atoms with Crippen LogP contribution in [0.2, 0.25) is 0 Å². The first-order valence-electron chi connectivity index (χ1n) is 8.19. The van der Waals surface area contributed by atoms with Crippen molar-refractivity contribution in [2.75, 3.05) is 7.05 Å². The minimum absolute atomic E-state index is 0.123. The molecule has 24 heavy (non-hydrogen) atoms. The number of aromatic nitrogens is 1. The predicted octanol–water partition coefficient (Wildman–Crippen LogP) is 3.58. The lowest BCUT2D eigenvalue weighted by molar-refractivity contribution is -0.153. The molecular weight excluding hydrogens is 324 g/mol. The summed E-state index contributed by atoms with van der Waals surface area (Å²) in [5.41, 5.74) is 0.324. The maximum Gasteiger partial charge on any atom is 0.326 e. The van der Waals surface area contributed by atoms with Gasteiger partial charge in [-0.3, -0.25) is 4.79 Å². The van der Waals surface area contributed by atoms with Gasteiger partial charge in [-0.1, -0.05) is 26.0 Å². The highest BCUT2D eigenvalue weighted by molar-refractivity contribution is 7.18. The van der Waals surface area contributed by atoms with Crippen LogP contribution in [0.4, 0.5) is 0 Å². The molecule has 0 spiro atoms.